The summed E-state index contributed by atoms with van der Waals surface area (Å²) in [5.41, 5.74) is -0.0135. The Morgan fingerprint density at radius 2 is 1.95 bits per heavy atom. The molecule has 2 aromatic heterocycles. The summed E-state index contributed by atoms with van der Waals surface area (Å²) in [6, 6.07) is 7.58. The van der Waals surface area contributed by atoms with Crippen LogP contribution in [-0.4, -0.2) is 76.8 Å². The van der Waals surface area contributed by atoms with E-state index in [1.165, 1.54) is 37.6 Å². The molecule has 42 heavy (non-hydrogen) atoms. The highest BCUT2D eigenvalue weighted by molar-refractivity contribution is 7.20. The van der Waals surface area contributed by atoms with Gasteiger partial charge in [0.2, 0.25) is 12.2 Å². The number of aromatic nitrogens is 1. The molecular weight excluding hydrogens is 562 g/mol. The predicted molar refractivity (Wildman–Crippen MR) is 153 cm³/mol. The van der Waals surface area contributed by atoms with Crippen molar-refractivity contribution in [1.82, 2.24) is 9.88 Å². The third kappa shape index (κ3) is 4.76. The first-order valence-electron chi connectivity index (χ1n) is 14.0. The first-order chi connectivity index (χ1) is 20.1. The van der Waals surface area contributed by atoms with Crippen LogP contribution in [0.1, 0.15) is 54.3 Å². The lowest BCUT2D eigenvalue weighted by Crippen LogP contribution is -2.65. The van der Waals surface area contributed by atoms with E-state index in [1.54, 1.807) is 18.9 Å². The highest BCUT2D eigenvalue weighted by atomic mass is 32.1. The number of para-hydroxylation sites is 1. The fourth-order valence-electron chi connectivity index (χ4n) is 6.39. The zero-order chi connectivity index (χ0) is 29.8. The average Bonchev–Trinajstić information content (AvgIpc) is 3.75. The van der Waals surface area contributed by atoms with Crippen LogP contribution >= 0.6 is 11.3 Å². The van der Waals surface area contributed by atoms with E-state index in [0.717, 1.165) is 36.5 Å². The first-order valence-corrected chi connectivity index (χ1v) is 14.8. The summed E-state index contributed by atoms with van der Waals surface area (Å²) in [5.74, 6) is 0.0665. The normalized spacial score (nSPS) is 23.3. The van der Waals surface area contributed by atoms with E-state index in [0.29, 0.717) is 44.5 Å². The van der Waals surface area contributed by atoms with Crippen LogP contribution in [0.5, 0.6) is 5.75 Å². The Bertz CT molecular complexity index is 1460. The van der Waals surface area contributed by atoms with Gasteiger partial charge in [-0.2, -0.15) is 0 Å². The molecule has 1 saturated heterocycles. The van der Waals surface area contributed by atoms with E-state index in [4.69, 9.17) is 18.6 Å². The second-order valence-electron chi connectivity index (χ2n) is 11.6. The second kappa shape index (κ2) is 11.0. The zero-order valence-corrected chi connectivity index (χ0v) is 24.8. The predicted octanol–water partition coefficient (Wildman–Crippen LogP) is 4.30. The van der Waals surface area contributed by atoms with E-state index in [9.17, 15) is 19.8 Å². The molecule has 2 N–H and O–H groups in total. The molecule has 6 rings (SSSR count). The number of methoxy groups -OCH3 is 1. The number of aliphatic hydroxyl groups excluding tert-OH is 1. The van der Waals surface area contributed by atoms with Crippen LogP contribution in [0, 0.1) is 18.8 Å². The van der Waals surface area contributed by atoms with Crippen molar-refractivity contribution in [3.05, 3.63) is 53.4 Å². The number of ether oxygens (including phenoxy) is 3. The van der Waals surface area contributed by atoms with Gasteiger partial charge in [-0.15, -0.1) is 11.3 Å². The number of carboxylic acids is 1. The number of benzene rings is 1. The SMILES string of the molecule is COc1ccccc1[C@H](CN1c2sc(-c3ncco3)c(C)c2C(=O)N(C(C)(C)C(=O)O)C1O)OC1C[C@@H]2COC[C@H]2C1. The number of fused-ring (bicyclic) bond motifs is 2. The maximum atomic E-state index is 13.9. The number of oxazole rings is 1. The minimum Gasteiger partial charge on any atom is -0.496 e. The fraction of sp³-hybridized carbons (Fsp3) is 0.500. The van der Waals surface area contributed by atoms with E-state index < -0.39 is 29.9 Å². The van der Waals surface area contributed by atoms with Crippen LogP contribution in [0.4, 0.5) is 5.00 Å². The van der Waals surface area contributed by atoms with Gasteiger partial charge in [-0.25, -0.2) is 9.78 Å². The Balaban J connectivity index is 1.44. The number of aliphatic carboxylic acids is 1. The molecule has 3 aliphatic rings. The third-order valence-electron chi connectivity index (χ3n) is 8.75. The van der Waals surface area contributed by atoms with Crippen LogP contribution < -0.4 is 9.64 Å². The number of aliphatic hydroxyl groups is 1. The summed E-state index contributed by atoms with van der Waals surface area (Å²) in [6.07, 6.45) is 2.54. The quantitative estimate of drug-likeness (QED) is 0.368. The molecule has 11 nitrogen and oxygen atoms in total. The molecule has 4 heterocycles. The molecule has 1 amide bonds. The van der Waals surface area contributed by atoms with Crippen LogP contribution in [-0.2, 0) is 14.3 Å². The molecule has 0 radical (unpaired) electrons. The Kier molecular flexibility index (Phi) is 7.50. The number of hydrogen-bond acceptors (Lipinski definition) is 10. The summed E-state index contributed by atoms with van der Waals surface area (Å²) in [7, 11) is 1.60. The van der Waals surface area contributed by atoms with Crippen molar-refractivity contribution in [2.24, 2.45) is 11.8 Å². The minimum atomic E-state index is -1.71. The molecule has 0 spiro atoms. The summed E-state index contributed by atoms with van der Waals surface area (Å²) in [5, 5.41) is 22.4. The molecule has 2 fully saturated rings. The van der Waals surface area contributed by atoms with Crippen molar-refractivity contribution in [2.45, 2.75) is 57.7 Å². The van der Waals surface area contributed by atoms with E-state index in [-0.39, 0.29) is 12.6 Å². The number of nitrogens with zero attached hydrogens (tertiary/aromatic N) is 3. The molecule has 4 atom stereocenters. The Morgan fingerprint density at radius 1 is 1.24 bits per heavy atom. The highest BCUT2D eigenvalue weighted by Crippen LogP contribution is 2.48. The highest BCUT2D eigenvalue weighted by Gasteiger charge is 2.50. The number of rotatable bonds is 9. The third-order valence-corrected chi connectivity index (χ3v) is 10.1. The van der Waals surface area contributed by atoms with E-state index in [2.05, 4.69) is 4.98 Å². The lowest BCUT2D eigenvalue weighted by Gasteiger charge is -2.47. The molecule has 1 aliphatic carbocycles. The van der Waals surface area contributed by atoms with Crippen LogP contribution in [0.25, 0.3) is 10.8 Å². The number of carboxylic acid groups (broad SMARTS) is 1. The summed E-state index contributed by atoms with van der Waals surface area (Å²) in [6.45, 7) is 6.19. The monoisotopic (exact) mass is 597 g/mol. The number of carbonyl (C=O) groups excluding carboxylic acids is 1. The zero-order valence-electron chi connectivity index (χ0n) is 24.0. The van der Waals surface area contributed by atoms with E-state index >= 15 is 0 Å². The topological polar surface area (TPSA) is 135 Å². The van der Waals surface area contributed by atoms with Gasteiger partial charge in [0, 0.05) is 18.8 Å². The first kappa shape index (κ1) is 28.7. The standard InChI is InChI=1S/C30H35N3O8S/c1-16-23-26(34)33(30(2,3)28(35)36)29(37)32(27(23)42-24(16)25-31-9-10-40-25)13-22(20-7-5-6-8-21(20)38-4)41-19-11-17-14-39-15-18(17)12-19/h5-10,17-19,22,29,37H,11-15H2,1-4H3,(H,35,36)/t17-,18-,22+,29?/m1/s1. The fourth-order valence-corrected chi connectivity index (χ4v) is 7.65. The Morgan fingerprint density at radius 3 is 2.60 bits per heavy atom. The number of hydrogen-bond donors (Lipinski definition) is 2. The Hall–Kier alpha value is -3.45. The molecule has 2 aliphatic heterocycles. The van der Waals surface area contributed by atoms with Gasteiger partial charge in [0.25, 0.3) is 5.91 Å². The molecule has 1 unspecified atom stereocenters. The van der Waals surface area contributed by atoms with Crippen molar-refractivity contribution >= 4 is 28.2 Å². The molecular formula is C30H35N3O8S. The molecule has 224 valence electrons. The van der Waals surface area contributed by atoms with Crippen molar-refractivity contribution in [3.63, 3.8) is 0 Å². The van der Waals surface area contributed by atoms with Crippen molar-refractivity contribution in [3.8, 4) is 16.5 Å². The van der Waals surface area contributed by atoms with Crippen molar-refractivity contribution in [1.29, 1.82) is 0 Å². The lowest BCUT2D eigenvalue weighted by atomic mass is 9.98. The van der Waals surface area contributed by atoms with Gasteiger partial charge in [-0.05, 0) is 57.1 Å². The summed E-state index contributed by atoms with van der Waals surface area (Å²) in [4.78, 5) is 33.9. The molecule has 1 saturated carbocycles. The Labute approximate surface area is 247 Å². The molecule has 12 heteroatoms. The van der Waals surface area contributed by atoms with Gasteiger partial charge >= 0.3 is 5.97 Å². The number of amides is 1. The molecule has 0 bridgehead atoms. The second-order valence-corrected chi connectivity index (χ2v) is 12.6. The van der Waals surface area contributed by atoms with Gasteiger partial charge in [0.05, 0.1) is 36.4 Å². The van der Waals surface area contributed by atoms with Crippen molar-refractivity contribution in [2.75, 3.05) is 31.8 Å². The molecule has 1 aromatic carbocycles. The van der Waals surface area contributed by atoms with Crippen LogP contribution in [0.3, 0.4) is 0 Å². The van der Waals surface area contributed by atoms with Crippen LogP contribution in [0.15, 0.2) is 41.1 Å². The molecule has 3 aromatic rings. The van der Waals surface area contributed by atoms with Crippen LogP contribution in [0.2, 0.25) is 0 Å². The largest absolute Gasteiger partial charge is 0.496 e. The number of carbonyl (C=O) groups is 2. The van der Waals surface area contributed by atoms with Crippen molar-refractivity contribution < 1.29 is 38.4 Å². The maximum absolute atomic E-state index is 13.9. The number of thiophene rings is 1. The van der Waals surface area contributed by atoms with Gasteiger partial charge in [0.15, 0.2) is 0 Å². The van der Waals surface area contributed by atoms with Gasteiger partial charge in [-0.1, -0.05) is 18.2 Å². The summed E-state index contributed by atoms with van der Waals surface area (Å²) >= 11 is 1.27. The minimum absolute atomic E-state index is 0.0265. The smallest absolute Gasteiger partial charge is 0.329 e. The maximum Gasteiger partial charge on any atom is 0.329 e. The lowest BCUT2D eigenvalue weighted by molar-refractivity contribution is -0.154. The van der Waals surface area contributed by atoms with Gasteiger partial charge < -0.3 is 33.7 Å². The summed E-state index contributed by atoms with van der Waals surface area (Å²) < 4.78 is 23.7. The number of anilines is 1. The van der Waals surface area contributed by atoms with Gasteiger partial charge in [-0.3, -0.25) is 9.69 Å². The average molecular weight is 598 g/mol. The van der Waals surface area contributed by atoms with Gasteiger partial charge in [0.1, 0.15) is 28.7 Å². The van der Waals surface area contributed by atoms with E-state index in [1.807, 2.05) is 24.3 Å².